The van der Waals surface area contributed by atoms with Crippen molar-refractivity contribution in [2.24, 2.45) is 0 Å². The largest absolute Gasteiger partial charge is 0.408 e. The van der Waals surface area contributed by atoms with Crippen LogP contribution in [0.2, 0.25) is 0 Å². The van der Waals surface area contributed by atoms with Gasteiger partial charge in [0.2, 0.25) is 0 Å². The van der Waals surface area contributed by atoms with Crippen LogP contribution in [0.15, 0.2) is 27.6 Å². The highest BCUT2D eigenvalue weighted by atomic mass is 79.9. The van der Waals surface area contributed by atoms with Crippen molar-refractivity contribution in [1.82, 2.24) is 9.78 Å². The van der Waals surface area contributed by atoms with Crippen molar-refractivity contribution in [3.63, 3.8) is 0 Å². The average molecular weight is 326 g/mol. The van der Waals surface area contributed by atoms with Gasteiger partial charge in [0.25, 0.3) is 5.56 Å². The van der Waals surface area contributed by atoms with Gasteiger partial charge in [-0.1, -0.05) is 12.2 Å². The van der Waals surface area contributed by atoms with Crippen molar-refractivity contribution < 1.29 is 13.2 Å². The third-order valence-electron chi connectivity index (χ3n) is 1.89. The molecule has 0 fully saturated rings. The Morgan fingerprint density at radius 2 is 2.22 bits per heavy atom. The minimum absolute atomic E-state index is 0.0167. The van der Waals surface area contributed by atoms with Gasteiger partial charge in [-0.2, -0.15) is 18.3 Å². The molecule has 1 aromatic heterocycles. The summed E-state index contributed by atoms with van der Waals surface area (Å²) in [5.41, 5.74) is 0.321. The van der Waals surface area contributed by atoms with Crippen molar-refractivity contribution >= 4 is 21.6 Å². The third kappa shape index (κ3) is 4.17. The van der Waals surface area contributed by atoms with Crippen molar-refractivity contribution in [1.29, 1.82) is 0 Å². The van der Waals surface area contributed by atoms with E-state index in [-0.39, 0.29) is 4.47 Å². The van der Waals surface area contributed by atoms with E-state index < -0.39 is 18.3 Å². The Kier molecular flexibility index (Phi) is 4.55. The van der Waals surface area contributed by atoms with Crippen LogP contribution in [-0.4, -0.2) is 22.5 Å². The van der Waals surface area contributed by atoms with Crippen LogP contribution in [0.4, 0.5) is 18.9 Å². The lowest BCUT2D eigenvalue weighted by molar-refractivity contribution is -0.143. The molecular formula is C10H11BrF3N3O. The van der Waals surface area contributed by atoms with E-state index in [1.54, 1.807) is 6.92 Å². The first-order valence-electron chi connectivity index (χ1n) is 4.91. The molecule has 1 N–H and O–H groups in total. The molecule has 0 saturated carbocycles. The van der Waals surface area contributed by atoms with E-state index in [4.69, 9.17) is 0 Å². The van der Waals surface area contributed by atoms with Crippen LogP contribution in [-0.2, 0) is 6.54 Å². The summed E-state index contributed by atoms with van der Waals surface area (Å²) in [5.74, 6) is 0. The smallest absolute Gasteiger partial charge is 0.379 e. The van der Waals surface area contributed by atoms with Crippen LogP contribution in [0.25, 0.3) is 0 Å². The Morgan fingerprint density at radius 3 is 2.72 bits per heavy atom. The first-order chi connectivity index (χ1) is 8.20. The Labute approximate surface area is 110 Å². The van der Waals surface area contributed by atoms with Crippen molar-refractivity contribution in [3.8, 4) is 0 Å². The molecule has 0 spiro atoms. The molecule has 0 atom stereocenters. The van der Waals surface area contributed by atoms with Crippen LogP contribution in [0.1, 0.15) is 6.92 Å². The fourth-order valence-corrected chi connectivity index (χ4v) is 1.56. The minimum Gasteiger partial charge on any atom is -0.379 e. The highest BCUT2D eigenvalue weighted by Gasteiger charge is 2.29. The topological polar surface area (TPSA) is 46.9 Å². The maximum Gasteiger partial charge on any atom is 0.408 e. The van der Waals surface area contributed by atoms with E-state index in [9.17, 15) is 18.0 Å². The molecule has 8 heteroatoms. The molecule has 1 rings (SSSR count). The summed E-state index contributed by atoms with van der Waals surface area (Å²) >= 11 is 2.96. The Bertz CT molecular complexity index is 510. The van der Waals surface area contributed by atoms with Crippen LogP contribution >= 0.6 is 15.9 Å². The fraction of sp³-hybridized carbons (Fsp3) is 0.400. The summed E-state index contributed by atoms with van der Waals surface area (Å²) in [6.45, 7) is 4.43. The van der Waals surface area contributed by atoms with Gasteiger partial charge in [-0.05, 0) is 22.9 Å². The summed E-state index contributed by atoms with van der Waals surface area (Å²) in [4.78, 5) is 11.6. The SMILES string of the molecule is C=C(C)CNc1cnn(CC(F)(F)F)c(=O)c1Br. The molecule has 4 nitrogen and oxygen atoms in total. The second kappa shape index (κ2) is 5.55. The summed E-state index contributed by atoms with van der Waals surface area (Å²) < 4.78 is 36.9. The zero-order valence-electron chi connectivity index (χ0n) is 9.51. The lowest BCUT2D eigenvalue weighted by Gasteiger charge is -2.11. The number of nitrogens with one attached hydrogen (secondary N) is 1. The molecule has 1 heterocycles. The average Bonchev–Trinajstić information content (AvgIpc) is 2.22. The predicted octanol–water partition coefficient (Wildman–Crippen LogP) is 2.56. The van der Waals surface area contributed by atoms with Crippen molar-refractivity contribution in [2.45, 2.75) is 19.6 Å². The second-order valence-electron chi connectivity index (χ2n) is 3.76. The summed E-state index contributed by atoms with van der Waals surface area (Å²) in [5, 5.41) is 6.30. The zero-order valence-corrected chi connectivity index (χ0v) is 11.1. The van der Waals surface area contributed by atoms with E-state index in [1.165, 1.54) is 6.20 Å². The first kappa shape index (κ1) is 14.7. The summed E-state index contributed by atoms with van der Waals surface area (Å²) in [7, 11) is 0. The monoisotopic (exact) mass is 325 g/mol. The van der Waals surface area contributed by atoms with Gasteiger partial charge in [-0.3, -0.25) is 4.79 Å². The number of anilines is 1. The molecule has 1 aromatic rings. The van der Waals surface area contributed by atoms with Gasteiger partial charge in [0.05, 0.1) is 11.9 Å². The second-order valence-corrected chi connectivity index (χ2v) is 4.55. The summed E-state index contributed by atoms with van der Waals surface area (Å²) in [6.07, 6.45) is -3.32. The van der Waals surface area contributed by atoms with Gasteiger partial charge >= 0.3 is 6.18 Å². The number of alkyl halides is 3. The molecule has 18 heavy (non-hydrogen) atoms. The molecule has 100 valence electrons. The van der Waals surface area contributed by atoms with Gasteiger partial charge in [0, 0.05) is 6.54 Å². The standard InChI is InChI=1S/C10H11BrF3N3O/c1-6(2)3-15-7-4-16-17(5-10(12,13)14)9(18)8(7)11/h4,15H,1,3,5H2,2H3. The summed E-state index contributed by atoms with van der Waals surface area (Å²) in [6, 6.07) is 0. The van der Waals surface area contributed by atoms with Crippen molar-refractivity contribution in [3.05, 3.63) is 33.2 Å². The normalized spacial score (nSPS) is 11.4. The number of halogens is 4. The van der Waals surface area contributed by atoms with Crippen LogP contribution in [0.5, 0.6) is 0 Å². The Morgan fingerprint density at radius 1 is 1.61 bits per heavy atom. The van der Waals surface area contributed by atoms with E-state index in [2.05, 4.69) is 32.9 Å². The number of rotatable bonds is 4. The third-order valence-corrected chi connectivity index (χ3v) is 2.66. The van der Waals surface area contributed by atoms with E-state index in [1.807, 2.05) is 0 Å². The highest BCUT2D eigenvalue weighted by molar-refractivity contribution is 9.10. The number of hydrogen-bond donors (Lipinski definition) is 1. The van der Waals surface area contributed by atoms with Crippen molar-refractivity contribution in [2.75, 3.05) is 11.9 Å². The fourth-order valence-electron chi connectivity index (χ4n) is 1.12. The molecule has 0 aliphatic rings. The molecule has 0 aromatic carbocycles. The lowest BCUT2D eigenvalue weighted by atomic mass is 10.3. The quantitative estimate of drug-likeness (QED) is 0.865. The predicted molar refractivity (Wildman–Crippen MR) is 65.6 cm³/mol. The van der Waals surface area contributed by atoms with E-state index >= 15 is 0 Å². The maximum absolute atomic E-state index is 12.2. The Balaban J connectivity index is 2.98. The van der Waals surface area contributed by atoms with Gasteiger partial charge in [-0.25, -0.2) is 4.68 Å². The van der Waals surface area contributed by atoms with Gasteiger partial charge in [-0.15, -0.1) is 0 Å². The van der Waals surface area contributed by atoms with Crippen LogP contribution in [0.3, 0.4) is 0 Å². The maximum atomic E-state index is 12.2. The zero-order chi connectivity index (χ0) is 13.9. The first-order valence-corrected chi connectivity index (χ1v) is 5.70. The lowest BCUT2D eigenvalue weighted by Crippen LogP contribution is -2.31. The van der Waals surface area contributed by atoms with Crippen LogP contribution < -0.4 is 10.9 Å². The molecule has 0 bridgehead atoms. The molecule has 0 unspecified atom stereocenters. The van der Waals surface area contributed by atoms with E-state index in [0.29, 0.717) is 16.9 Å². The molecule has 0 radical (unpaired) electrons. The molecule has 0 aliphatic heterocycles. The highest BCUT2D eigenvalue weighted by Crippen LogP contribution is 2.19. The van der Waals surface area contributed by atoms with Gasteiger partial charge in [0.15, 0.2) is 0 Å². The Hall–Kier alpha value is -1.31. The molecule has 0 amide bonds. The number of nitrogens with zero attached hydrogens (tertiary/aromatic N) is 2. The van der Waals surface area contributed by atoms with Gasteiger partial charge < -0.3 is 5.32 Å². The minimum atomic E-state index is -4.48. The van der Waals surface area contributed by atoms with Gasteiger partial charge in [0.1, 0.15) is 11.0 Å². The molecule has 0 saturated heterocycles. The molecular weight excluding hydrogens is 315 g/mol. The van der Waals surface area contributed by atoms with E-state index in [0.717, 1.165) is 5.57 Å². The van der Waals surface area contributed by atoms with Crippen LogP contribution in [0, 0.1) is 0 Å². The number of hydrogen-bond acceptors (Lipinski definition) is 3. The molecule has 0 aliphatic carbocycles. The number of aromatic nitrogens is 2.